The fourth-order valence-electron chi connectivity index (χ4n) is 2.74. The Morgan fingerprint density at radius 1 is 0.926 bits per heavy atom. The lowest BCUT2D eigenvalue weighted by atomic mass is 10.0. The lowest BCUT2D eigenvalue weighted by Crippen LogP contribution is -1.98. The van der Waals surface area contributed by atoms with Gasteiger partial charge in [0.2, 0.25) is 5.82 Å². The first-order valence-corrected chi connectivity index (χ1v) is 8.38. The van der Waals surface area contributed by atoms with E-state index in [1.807, 2.05) is 26.0 Å². The van der Waals surface area contributed by atoms with Crippen LogP contribution in [0.1, 0.15) is 16.8 Å². The van der Waals surface area contributed by atoms with Crippen molar-refractivity contribution >= 4 is 0 Å². The fourth-order valence-corrected chi connectivity index (χ4v) is 2.74. The van der Waals surface area contributed by atoms with Crippen molar-refractivity contribution in [2.75, 3.05) is 0 Å². The van der Waals surface area contributed by atoms with Crippen molar-refractivity contribution in [1.29, 1.82) is 0 Å². The Labute approximate surface area is 155 Å². The molecule has 0 N–H and O–H groups in total. The molecule has 7 heteroatoms. The van der Waals surface area contributed by atoms with Gasteiger partial charge in [0, 0.05) is 29.7 Å². The summed E-state index contributed by atoms with van der Waals surface area (Å²) in [7, 11) is 0. The summed E-state index contributed by atoms with van der Waals surface area (Å²) in [6.07, 6.45) is 5.03. The highest BCUT2D eigenvalue weighted by atomic mass is 19.1. The molecule has 4 aromatic rings. The van der Waals surface area contributed by atoms with Gasteiger partial charge in [-0.15, -0.1) is 0 Å². The van der Waals surface area contributed by atoms with Gasteiger partial charge in [0.15, 0.2) is 5.82 Å². The zero-order chi connectivity index (χ0) is 19.0. The first-order valence-electron chi connectivity index (χ1n) is 8.38. The van der Waals surface area contributed by atoms with Gasteiger partial charge >= 0.3 is 0 Å². The number of rotatable bonds is 3. The van der Waals surface area contributed by atoms with E-state index in [-0.39, 0.29) is 17.4 Å². The highest BCUT2D eigenvalue weighted by molar-refractivity contribution is 5.71. The summed E-state index contributed by atoms with van der Waals surface area (Å²) >= 11 is 0. The molecule has 4 aromatic heterocycles. The third-order valence-corrected chi connectivity index (χ3v) is 4.24. The third kappa shape index (κ3) is 3.19. The zero-order valence-corrected chi connectivity index (χ0v) is 15.1. The summed E-state index contributed by atoms with van der Waals surface area (Å²) in [5.41, 5.74) is 4.30. The number of aromatic nitrogens is 5. The second-order valence-electron chi connectivity index (χ2n) is 6.29. The van der Waals surface area contributed by atoms with Gasteiger partial charge in [0.05, 0.1) is 5.69 Å². The molecule has 0 bridgehead atoms. The molecule has 0 amide bonds. The van der Waals surface area contributed by atoms with Crippen LogP contribution in [0, 0.1) is 26.6 Å². The van der Waals surface area contributed by atoms with Crippen molar-refractivity contribution in [2.24, 2.45) is 0 Å². The second kappa shape index (κ2) is 6.68. The molecule has 0 aromatic carbocycles. The average molecular weight is 361 g/mol. The largest absolute Gasteiger partial charge is 0.332 e. The Bertz CT molecular complexity index is 1120. The molecule has 0 fully saturated rings. The minimum atomic E-state index is -0.390. The van der Waals surface area contributed by atoms with E-state index in [4.69, 9.17) is 4.52 Å². The van der Waals surface area contributed by atoms with Crippen molar-refractivity contribution in [1.82, 2.24) is 25.1 Å². The van der Waals surface area contributed by atoms with E-state index in [0.717, 1.165) is 11.1 Å². The van der Waals surface area contributed by atoms with Crippen LogP contribution in [0.15, 0.2) is 47.4 Å². The molecule has 0 aliphatic rings. The van der Waals surface area contributed by atoms with Crippen LogP contribution < -0.4 is 0 Å². The molecular weight excluding hydrogens is 345 g/mol. The van der Waals surface area contributed by atoms with Crippen LogP contribution >= 0.6 is 0 Å². The van der Waals surface area contributed by atoms with E-state index in [9.17, 15) is 4.39 Å². The molecule has 4 rings (SSSR count). The molecule has 0 aliphatic carbocycles. The van der Waals surface area contributed by atoms with Crippen molar-refractivity contribution in [3.05, 3.63) is 65.5 Å². The van der Waals surface area contributed by atoms with Crippen LogP contribution in [-0.2, 0) is 0 Å². The Kier molecular flexibility index (Phi) is 4.19. The third-order valence-electron chi connectivity index (χ3n) is 4.24. The van der Waals surface area contributed by atoms with E-state index in [2.05, 4.69) is 25.1 Å². The van der Waals surface area contributed by atoms with Crippen molar-refractivity contribution in [3.63, 3.8) is 0 Å². The summed E-state index contributed by atoms with van der Waals surface area (Å²) in [6, 6.07) is 7.17. The van der Waals surface area contributed by atoms with Gasteiger partial charge in [0.25, 0.3) is 5.89 Å². The van der Waals surface area contributed by atoms with Crippen LogP contribution in [0.4, 0.5) is 4.39 Å². The summed E-state index contributed by atoms with van der Waals surface area (Å²) in [6.45, 7) is 5.46. The molecule has 0 atom stereocenters. The molecule has 0 unspecified atom stereocenters. The Morgan fingerprint density at radius 2 is 1.78 bits per heavy atom. The standard InChI is InChI=1S/C20H16FN5O/c1-11-4-5-16(23-9-11)20-25-19(26-27-20)17-8-14(18(21)13(3)24-17)15-10-22-7-6-12(15)2/h4-10H,1-3H3. The van der Waals surface area contributed by atoms with Crippen LogP contribution in [0.2, 0.25) is 0 Å². The first kappa shape index (κ1) is 17.0. The number of pyridine rings is 3. The number of aryl methyl sites for hydroxylation is 3. The van der Waals surface area contributed by atoms with Gasteiger partial charge in [-0.05, 0) is 50.1 Å². The van der Waals surface area contributed by atoms with Crippen LogP contribution in [0.3, 0.4) is 0 Å². The monoisotopic (exact) mass is 361 g/mol. The normalized spacial score (nSPS) is 11.0. The molecule has 134 valence electrons. The number of nitrogens with zero attached hydrogens (tertiary/aromatic N) is 5. The SMILES string of the molecule is Cc1ccc(-c2nc(-c3cc(-c4cnccc4C)c(F)c(C)n3)no2)nc1. The Morgan fingerprint density at radius 3 is 2.52 bits per heavy atom. The smallest absolute Gasteiger partial charge is 0.276 e. The highest BCUT2D eigenvalue weighted by Gasteiger charge is 2.18. The molecule has 0 aliphatic heterocycles. The summed E-state index contributed by atoms with van der Waals surface area (Å²) in [5.74, 6) is 0.171. The zero-order valence-electron chi connectivity index (χ0n) is 15.1. The van der Waals surface area contributed by atoms with E-state index >= 15 is 0 Å². The van der Waals surface area contributed by atoms with Gasteiger partial charge in [-0.1, -0.05) is 11.2 Å². The second-order valence-corrected chi connectivity index (χ2v) is 6.29. The van der Waals surface area contributed by atoms with Crippen molar-refractivity contribution in [2.45, 2.75) is 20.8 Å². The maximum absolute atomic E-state index is 14.7. The minimum absolute atomic E-state index is 0.255. The van der Waals surface area contributed by atoms with Crippen LogP contribution in [0.5, 0.6) is 0 Å². The quantitative estimate of drug-likeness (QED) is 0.541. The highest BCUT2D eigenvalue weighted by Crippen LogP contribution is 2.30. The van der Waals surface area contributed by atoms with E-state index < -0.39 is 5.82 Å². The lowest BCUT2D eigenvalue weighted by molar-refractivity contribution is 0.430. The lowest BCUT2D eigenvalue weighted by Gasteiger charge is -2.09. The van der Waals surface area contributed by atoms with Gasteiger partial charge < -0.3 is 4.52 Å². The molecule has 0 saturated carbocycles. The number of hydrogen-bond acceptors (Lipinski definition) is 6. The topological polar surface area (TPSA) is 77.6 Å². The van der Waals surface area contributed by atoms with Gasteiger partial charge in [-0.2, -0.15) is 4.98 Å². The maximum atomic E-state index is 14.7. The molecular formula is C20H16FN5O. The first-order chi connectivity index (χ1) is 13.0. The predicted molar refractivity (Wildman–Crippen MR) is 98.2 cm³/mol. The molecule has 0 saturated heterocycles. The molecule has 27 heavy (non-hydrogen) atoms. The minimum Gasteiger partial charge on any atom is -0.332 e. The van der Waals surface area contributed by atoms with Crippen LogP contribution in [-0.4, -0.2) is 25.1 Å². The molecule has 0 spiro atoms. The summed E-state index contributed by atoms with van der Waals surface area (Å²) in [4.78, 5) is 17.0. The fraction of sp³-hybridized carbons (Fsp3) is 0.150. The van der Waals surface area contributed by atoms with Crippen LogP contribution in [0.25, 0.3) is 34.2 Å². The summed E-state index contributed by atoms with van der Waals surface area (Å²) in [5, 5.41) is 3.99. The van der Waals surface area contributed by atoms with Gasteiger partial charge in [0.1, 0.15) is 11.4 Å². The van der Waals surface area contributed by atoms with Crippen molar-refractivity contribution < 1.29 is 8.91 Å². The average Bonchev–Trinajstić information content (AvgIpc) is 3.15. The van der Waals surface area contributed by atoms with E-state index in [1.165, 1.54) is 0 Å². The number of halogens is 1. The summed E-state index contributed by atoms with van der Waals surface area (Å²) < 4.78 is 20.0. The van der Waals surface area contributed by atoms with Gasteiger partial charge in [-0.3, -0.25) is 9.97 Å². The van der Waals surface area contributed by atoms with Gasteiger partial charge in [-0.25, -0.2) is 9.37 Å². The Balaban J connectivity index is 1.79. The maximum Gasteiger partial charge on any atom is 0.276 e. The predicted octanol–water partition coefficient (Wildman–Crippen LogP) is 4.32. The molecule has 4 heterocycles. The Hall–Kier alpha value is -3.48. The van der Waals surface area contributed by atoms with Crippen molar-refractivity contribution in [3.8, 4) is 34.2 Å². The molecule has 0 radical (unpaired) electrons. The van der Waals surface area contributed by atoms with E-state index in [1.54, 1.807) is 37.6 Å². The molecule has 6 nitrogen and oxygen atoms in total. The van der Waals surface area contributed by atoms with E-state index in [0.29, 0.717) is 22.5 Å². The number of hydrogen-bond donors (Lipinski definition) is 0.